The van der Waals surface area contributed by atoms with Gasteiger partial charge in [0.25, 0.3) is 0 Å². The van der Waals surface area contributed by atoms with Crippen LogP contribution in [0.15, 0.2) is 24.3 Å². The highest BCUT2D eigenvalue weighted by Gasteiger charge is 2.25. The Kier molecular flexibility index (Phi) is 5.36. The largest absolute Gasteiger partial charge is 0.330 e. The van der Waals surface area contributed by atoms with Gasteiger partial charge in [0.2, 0.25) is 0 Å². The van der Waals surface area contributed by atoms with E-state index in [2.05, 4.69) is 26.0 Å². The Bertz CT molecular complexity index is 448. The monoisotopic (exact) mass is 273 g/mol. The van der Waals surface area contributed by atoms with Gasteiger partial charge in [-0.25, -0.2) is 0 Å². The highest BCUT2D eigenvalue weighted by Crippen LogP contribution is 2.38. The Balaban J connectivity index is 2.08. The average molecular weight is 273 g/mol. The first kappa shape index (κ1) is 15.2. The lowest BCUT2D eigenvalue weighted by Crippen LogP contribution is -2.21. The Morgan fingerprint density at radius 3 is 2.55 bits per heavy atom. The van der Waals surface area contributed by atoms with E-state index in [1.165, 1.54) is 24.8 Å². The molecule has 2 N–H and O–H groups in total. The molecular weight excluding hydrogens is 246 g/mol. The molecule has 1 saturated carbocycles. The minimum atomic E-state index is 0.281. The molecule has 20 heavy (non-hydrogen) atoms. The summed E-state index contributed by atoms with van der Waals surface area (Å²) in [7, 11) is 0. The van der Waals surface area contributed by atoms with Gasteiger partial charge in [0, 0.05) is 12.0 Å². The first-order chi connectivity index (χ1) is 9.61. The molecule has 1 aromatic carbocycles. The molecule has 0 radical (unpaired) electrons. The number of Topliss-reactive ketones (excluding diaryl/α,β-unsaturated/α-hetero) is 1. The fourth-order valence-corrected chi connectivity index (χ4v) is 3.13. The highest BCUT2D eigenvalue weighted by atomic mass is 16.1. The zero-order chi connectivity index (χ0) is 14.5. The smallest absolute Gasteiger partial charge is 0.163 e. The van der Waals surface area contributed by atoms with Crippen LogP contribution in [-0.4, -0.2) is 12.3 Å². The molecule has 1 fully saturated rings. The molecular formula is C18H27NO. The average Bonchev–Trinajstić information content (AvgIpc) is 2.36. The van der Waals surface area contributed by atoms with Crippen LogP contribution in [0, 0.1) is 11.8 Å². The van der Waals surface area contributed by atoms with Crippen LogP contribution in [0.1, 0.15) is 67.8 Å². The van der Waals surface area contributed by atoms with Crippen molar-refractivity contribution in [3.8, 4) is 0 Å². The van der Waals surface area contributed by atoms with E-state index in [9.17, 15) is 4.79 Å². The first-order valence-electron chi connectivity index (χ1n) is 7.94. The van der Waals surface area contributed by atoms with Crippen LogP contribution in [0.2, 0.25) is 0 Å². The molecule has 0 amide bonds. The maximum Gasteiger partial charge on any atom is 0.163 e. The van der Waals surface area contributed by atoms with E-state index in [0.29, 0.717) is 30.7 Å². The van der Waals surface area contributed by atoms with Crippen molar-refractivity contribution >= 4 is 5.78 Å². The van der Waals surface area contributed by atoms with Crippen molar-refractivity contribution in [3.05, 3.63) is 35.4 Å². The molecule has 0 aliphatic heterocycles. The standard InChI is InChI=1S/C18H27NO/c1-13(2)10-14(12-19)11-18(20)17-9-4-3-8-16(17)15-6-5-7-15/h3-4,8-9,13-15H,5-7,10-12,19H2,1-2H3. The Labute approximate surface area is 122 Å². The van der Waals surface area contributed by atoms with Crippen molar-refractivity contribution in [2.24, 2.45) is 17.6 Å². The molecule has 110 valence electrons. The Morgan fingerprint density at radius 2 is 2.00 bits per heavy atom. The molecule has 0 heterocycles. The van der Waals surface area contributed by atoms with Gasteiger partial charge >= 0.3 is 0 Å². The molecule has 0 bridgehead atoms. The number of nitrogens with two attached hydrogens (primary N) is 1. The Morgan fingerprint density at radius 1 is 1.30 bits per heavy atom. The van der Waals surface area contributed by atoms with Gasteiger partial charge in [-0.3, -0.25) is 4.79 Å². The van der Waals surface area contributed by atoms with Crippen molar-refractivity contribution in [2.75, 3.05) is 6.54 Å². The van der Waals surface area contributed by atoms with E-state index in [1.807, 2.05) is 12.1 Å². The van der Waals surface area contributed by atoms with Crippen LogP contribution < -0.4 is 5.73 Å². The van der Waals surface area contributed by atoms with Gasteiger partial charge in [-0.2, -0.15) is 0 Å². The van der Waals surface area contributed by atoms with Gasteiger partial charge in [0.1, 0.15) is 0 Å². The lowest BCUT2D eigenvalue weighted by Gasteiger charge is -2.28. The van der Waals surface area contributed by atoms with Crippen LogP contribution in [-0.2, 0) is 0 Å². The van der Waals surface area contributed by atoms with Gasteiger partial charge in [-0.05, 0) is 49.1 Å². The molecule has 1 aliphatic rings. The topological polar surface area (TPSA) is 43.1 Å². The van der Waals surface area contributed by atoms with Gasteiger partial charge in [0.05, 0.1) is 0 Å². The minimum absolute atomic E-state index is 0.281. The van der Waals surface area contributed by atoms with Gasteiger partial charge < -0.3 is 5.73 Å². The zero-order valence-electron chi connectivity index (χ0n) is 12.8. The van der Waals surface area contributed by atoms with Crippen molar-refractivity contribution in [1.29, 1.82) is 0 Å². The number of ketones is 1. The fraction of sp³-hybridized carbons (Fsp3) is 0.611. The van der Waals surface area contributed by atoms with E-state index in [0.717, 1.165) is 12.0 Å². The number of benzene rings is 1. The van der Waals surface area contributed by atoms with E-state index < -0.39 is 0 Å². The van der Waals surface area contributed by atoms with Crippen LogP contribution in [0.4, 0.5) is 0 Å². The Hall–Kier alpha value is -1.15. The summed E-state index contributed by atoms with van der Waals surface area (Å²) in [4.78, 5) is 12.6. The molecule has 2 nitrogen and oxygen atoms in total. The number of hydrogen-bond acceptors (Lipinski definition) is 2. The summed E-state index contributed by atoms with van der Waals surface area (Å²) in [5.41, 5.74) is 8.04. The van der Waals surface area contributed by atoms with Gasteiger partial charge in [-0.1, -0.05) is 44.5 Å². The summed E-state index contributed by atoms with van der Waals surface area (Å²) in [6.45, 7) is 4.99. The predicted molar refractivity (Wildman–Crippen MR) is 84.0 cm³/mol. The van der Waals surface area contributed by atoms with Crippen molar-refractivity contribution < 1.29 is 4.79 Å². The van der Waals surface area contributed by atoms with E-state index in [-0.39, 0.29) is 5.78 Å². The summed E-state index contributed by atoms with van der Waals surface area (Å²) >= 11 is 0. The third-order valence-corrected chi connectivity index (χ3v) is 4.42. The van der Waals surface area contributed by atoms with Crippen molar-refractivity contribution in [3.63, 3.8) is 0 Å². The van der Waals surface area contributed by atoms with Crippen molar-refractivity contribution in [1.82, 2.24) is 0 Å². The van der Waals surface area contributed by atoms with Crippen LogP contribution >= 0.6 is 0 Å². The van der Waals surface area contributed by atoms with Crippen LogP contribution in [0.5, 0.6) is 0 Å². The number of hydrogen-bond donors (Lipinski definition) is 1. The SMILES string of the molecule is CC(C)CC(CN)CC(=O)c1ccccc1C1CCC1. The molecule has 1 aromatic rings. The maximum atomic E-state index is 12.6. The van der Waals surface area contributed by atoms with E-state index in [1.54, 1.807) is 0 Å². The maximum absolute atomic E-state index is 12.6. The summed E-state index contributed by atoms with van der Waals surface area (Å²) in [6.07, 6.45) is 5.39. The van der Waals surface area contributed by atoms with E-state index >= 15 is 0 Å². The quantitative estimate of drug-likeness (QED) is 0.758. The number of carbonyl (C=O) groups excluding carboxylic acids is 1. The second-order valence-corrected chi connectivity index (χ2v) is 6.57. The third-order valence-electron chi connectivity index (χ3n) is 4.42. The van der Waals surface area contributed by atoms with Gasteiger partial charge in [-0.15, -0.1) is 0 Å². The molecule has 1 unspecified atom stereocenters. The first-order valence-corrected chi connectivity index (χ1v) is 7.94. The van der Waals surface area contributed by atoms with E-state index in [4.69, 9.17) is 5.73 Å². The van der Waals surface area contributed by atoms with Crippen LogP contribution in [0.3, 0.4) is 0 Å². The highest BCUT2D eigenvalue weighted by molar-refractivity contribution is 5.97. The van der Waals surface area contributed by atoms with Crippen LogP contribution in [0.25, 0.3) is 0 Å². The van der Waals surface area contributed by atoms with Gasteiger partial charge in [0.15, 0.2) is 5.78 Å². The summed E-state index contributed by atoms with van der Waals surface area (Å²) in [5.74, 6) is 1.80. The third kappa shape index (κ3) is 3.69. The second kappa shape index (κ2) is 7.03. The molecule has 1 aliphatic carbocycles. The summed E-state index contributed by atoms with van der Waals surface area (Å²) in [6, 6.07) is 8.17. The molecule has 0 saturated heterocycles. The lowest BCUT2D eigenvalue weighted by molar-refractivity contribution is 0.0955. The molecule has 1 atom stereocenters. The molecule has 2 rings (SSSR count). The normalized spacial score (nSPS) is 17.0. The minimum Gasteiger partial charge on any atom is -0.330 e. The lowest BCUT2D eigenvalue weighted by atomic mass is 9.77. The second-order valence-electron chi connectivity index (χ2n) is 6.57. The molecule has 2 heteroatoms. The summed E-state index contributed by atoms with van der Waals surface area (Å²) < 4.78 is 0. The molecule has 0 aromatic heterocycles. The number of carbonyl (C=O) groups is 1. The number of rotatable bonds is 7. The fourth-order valence-electron chi connectivity index (χ4n) is 3.13. The van der Waals surface area contributed by atoms with Crippen molar-refractivity contribution in [2.45, 2.75) is 51.9 Å². The summed E-state index contributed by atoms with van der Waals surface area (Å²) in [5, 5.41) is 0. The zero-order valence-corrected chi connectivity index (χ0v) is 12.8. The molecule has 0 spiro atoms. The predicted octanol–water partition coefficient (Wildman–Crippen LogP) is 4.15.